The first kappa shape index (κ1) is 12.2. The minimum absolute atomic E-state index is 0.0167. The molecule has 1 saturated carbocycles. The van der Waals surface area contributed by atoms with E-state index in [-0.39, 0.29) is 17.9 Å². The van der Waals surface area contributed by atoms with Crippen molar-refractivity contribution in [2.24, 2.45) is 5.92 Å². The van der Waals surface area contributed by atoms with E-state index < -0.39 is 0 Å². The van der Waals surface area contributed by atoms with Crippen molar-refractivity contribution in [2.45, 2.75) is 32.1 Å². The van der Waals surface area contributed by atoms with E-state index in [1.165, 1.54) is 19.3 Å². The molecule has 1 aliphatic heterocycles. The summed E-state index contributed by atoms with van der Waals surface area (Å²) in [5.41, 5.74) is 0. The van der Waals surface area contributed by atoms with Gasteiger partial charge in [0.05, 0.1) is 0 Å². The second kappa shape index (κ2) is 5.89. The van der Waals surface area contributed by atoms with Gasteiger partial charge < -0.3 is 15.5 Å². The summed E-state index contributed by atoms with van der Waals surface area (Å²) < 4.78 is 0. The fourth-order valence-electron chi connectivity index (χ4n) is 2.55. The Morgan fingerprint density at radius 3 is 2.76 bits per heavy atom. The third-order valence-electron chi connectivity index (χ3n) is 3.60. The van der Waals surface area contributed by atoms with Gasteiger partial charge in [-0.25, -0.2) is 4.79 Å². The molecule has 0 atom stereocenters. The van der Waals surface area contributed by atoms with Crippen LogP contribution in [0.1, 0.15) is 32.1 Å². The second-order valence-corrected chi connectivity index (χ2v) is 4.84. The van der Waals surface area contributed by atoms with Crippen LogP contribution in [0, 0.1) is 5.92 Å². The first-order valence-electron chi connectivity index (χ1n) is 6.58. The maximum atomic E-state index is 11.8. The van der Waals surface area contributed by atoms with E-state index in [0.29, 0.717) is 13.1 Å². The highest BCUT2D eigenvalue weighted by molar-refractivity contribution is 5.79. The van der Waals surface area contributed by atoms with Gasteiger partial charge in [0, 0.05) is 32.1 Å². The number of rotatable bonds is 4. The highest BCUT2D eigenvalue weighted by atomic mass is 16.2. The Kier molecular flexibility index (Phi) is 4.23. The van der Waals surface area contributed by atoms with Crippen LogP contribution >= 0.6 is 0 Å². The molecule has 2 aliphatic rings. The van der Waals surface area contributed by atoms with Crippen molar-refractivity contribution in [1.82, 2.24) is 15.5 Å². The average Bonchev–Trinajstić information content (AvgIpc) is 2.76. The molecule has 0 spiro atoms. The van der Waals surface area contributed by atoms with E-state index in [1.54, 1.807) is 4.90 Å². The van der Waals surface area contributed by atoms with Crippen molar-refractivity contribution < 1.29 is 9.59 Å². The Morgan fingerprint density at radius 2 is 2.12 bits per heavy atom. The lowest BCUT2D eigenvalue weighted by atomic mass is 9.89. The van der Waals surface area contributed by atoms with Gasteiger partial charge in [0.25, 0.3) is 0 Å². The summed E-state index contributed by atoms with van der Waals surface area (Å²) in [6, 6.07) is -0.0167. The van der Waals surface area contributed by atoms with Crippen molar-refractivity contribution in [3.8, 4) is 0 Å². The largest absolute Gasteiger partial charge is 0.354 e. The van der Waals surface area contributed by atoms with Gasteiger partial charge in [-0.15, -0.1) is 0 Å². The van der Waals surface area contributed by atoms with Crippen LogP contribution in [0.4, 0.5) is 4.79 Å². The molecule has 1 heterocycles. The molecule has 0 radical (unpaired) electrons. The molecule has 1 saturated heterocycles. The molecule has 5 heteroatoms. The summed E-state index contributed by atoms with van der Waals surface area (Å²) in [5.74, 6) is 0.375. The number of nitrogens with one attached hydrogen (secondary N) is 2. The highest BCUT2D eigenvalue weighted by Gasteiger charge is 2.22. The number of hydrogen-bond donors (Lipinski definition) is 2. The molecule has 0 aromatic heterocycles. The van der Waals surface area contributed by atoms with Gasteiger partial charge in [-0.1, -0.05) is 19.3 Å². The van der Waals surface area contributed by atoms with E-state index >= 15 is 0 Å². The van der Waals surface area contributed by atoms with Crippen molar-refractivity contribution in [1.29, 1.82) is 0 Å². The maximum Gasteiger partial charge on any atom is 0.317 e. The van der Waals surface area contributed by atoms with Crippen molar-refractivity contribution in [3.63, 3.8) is 0 Å². The number of hydrogen-bond acceptors (Lipinski definition) is 2. The van der Waals surface area contributed by atoms with Crippen molar-refractivity contribution in [2.75, 3.05) is 26.2 Å². The summed E-state index contributed by atoms with van der Waals surface area (Å²) in [6.07, 6.45) is 5.66. The third-order valence-corrected chi connectivity index (χ3v) is 3.60. The average molecular weight is 239 g/mol. The minimum atomic E-state index is -0.0167. The van der Waals surface area contributed by atoms with Gasteiger partial charge in [-0.3, -0.25) is 4.79 Å². The summed E-state index contributed by atoms with van der Waals surface area (Å²) in [5, 5.41) is 5.68. The zero-order chi connectivity index (χ0) is 12.1. The number of amides is 3. The van der Waals surface area contributed by atoms with Gasteiger partial charge >= 0.3 is 6.03 Å². The van der Waals surface area contributed by atoms with Gasteiger partial charge in [-0.05, 0) is 12.8 Å². The molecule has 3 amide bonds. The monoisotopic (exact) mass is 239 g/mol. The highest BCUT2D eigenvalue weighted by Crippen LogP contribution is 2.23. The topological polar surface area (TPSA) is 61.4 Å². The molecule has 5 nitrogen and oxygen atoms in total. The quantitative estimate of drug-likeness (QED) is 0.759. The normalized spacial score (nSPS) is 21.4. The van der Waals surface area contributed by atoms with Gasteiger partial charge in [-0.2, -0.15) is 0 Å². The third kappa shape index (κ3) is 3.35. The molecule has 0 bridgehead atoms. The number of urea groups is 1. The predicted molar refractivity (Wildman–Crippen MR) is 64.6 cm³/mol. The van der Waals surface area contributed by atoms with Crippen LogP contribution in [0.2, 0.25) is 0 Å². The molecule has 0 unspecified atom stereocenters. The molecule has 17 heavy (non-hydrogen) atoms. The van der Waals surface area contributed by atoms with E-state index in [9.17, 15) is 9.59 Å². The summed E-state index contributed by atoms with van der Waals surface area (Å²) in [6.45, 7) is 2.65. The molecular formula is C12H21N3O2. The fraction of sp³-hybridized carbons (Fsp3) is 0.833. The molecular weight excluding hydrogens is 218 g/mol. The van der Waals surface area contributed by atoms with Gasteiger partial charge in [0.15, 0.2) is 0 Å². The first-order valence-corrected chi connectivity index (χ1v) is 6.58. The summed E-state index contributed by atoms with van der Waals surface area (Å²) in [4.78, 5) is 24.8. The zero-order valence-corrected chi connectivity index (χ0v) is 10.2. The van der Waals surface area contributed by atoms with Crippen molar-refractivity contribution in [3.05, 3.63) is 0 Å². The molecule has 1 aliphatic carbocycles. The second-order valence-electron chi connectivity index (χ2n) is 4.84. The Morgan fingerprint density at radius 1 is 1.35 bits per heavy atom. The van der Waals surface area contributed by atoms with Crippen molar-refractivity contribution >= 4 is 11.9 Å². The Bertz CT molecular complexity index is 287. The van der Waals surface area contributed by atoms with Crippen LogP contribution in [-0.2, 0) is 4.79 Å². The minimum Gasteiger partial charge on any atom is -0.354 e. The number of carbonyl (C=O) groups excluding carboxylic acids is 2. The molecule has 2 rings (SSSR count). The Hall–Kier alpha value is -1.26. The zero-order valence-electron chi connectivity index (χ0n) is 10.2. The Balaban J connectivity index is 1.64. The maximum absolute atomic E-state index is 11.8. The number of nitrogens with zero attached hydrogens (tertiary/aromatic N) is 1. The van der Waals surface area contributed by atoms with Gasteiger partial charge in [0.2, 0.25) is 5.91 Å². The molecule has 2 fully saturated rings. The first-order chi connectivity index (χ1) is 8.27. The summed E-state index contributed by atoms with van der Waals surface area (Å²) >= 11 is 0. The molecule has 0 aromatic rings. The van der Waals surface area contributed by atoms with E-state index in [4.69, 9.17) is 0 Å². The smallest absolute Gasteiger partial charge is 0.317 e. The molecule has 96 valence electrons. The SMILES string of the molecule is O=C(NCCN1CCNC1=O)C1CCCCC1. The lowest BCUT2D eigenvalue weighted by Gasteiger charge is -2.21. The van der Waals surface area contributed by atoms with Gasteiger partial charge in [0.1, 0.15) is 0 Å². The van der Waals surface area contributed by atoms with E-state index in [0.717, 1.165) is 25.9 Å². The number of carbonyl (C=O) groups is 2. The lowest BCUT2D eigenvalue weighted by Crippen LogP contribution is -2.39. The molecule has 2 N–H and O–H groups in total. The van der Waals surface area contributed by atoms with E-state index in [1.807, 2.05) is 0 Å². The lowest BCUT2D eigenvalue weighted by molar-refractivity contribution is -0.125. The van der Waals surface area contributed by atoms with Crippen LogP contribution in [0.3, 0.4) is 0 Å². The van der Waals surface area contributed by atoms with Crippen LogP contribution in [0.5, 0.6) is 0 Å². The van der Waals surface area contributed by atoms with Crippen LogP contribution in [0.25, 0.3) is 0 Å². The fourth-order valence-corrected chi connectivity index (χ4v) is 2.55. The predicted octanol–water partition coefficient (Wildman–Crippen LogP) is 0.708. The van der Waals surface area contributed by atoms with E-state index in [2.05, 4.69) is 10.6 Å². The Labute approximate surface area is 102 Å². The van der Waals surface area contributed by atoms with Crippen LogP contribution < -0.4 is 10.6 Å². The van der Waals surface area contributed by atoms with Crippen LogP contribution in [0.15, 0.2) is 0 Å². The standard InChI is InChI=1S/C12H21N3O2/c16-11(10-4-2-1-3-5-10)13-6-8-15-9-7-14-12(15)17/h10H,1-9H2,(H,13,16)(H,14,17). The summed E-state index contributed by atoms with van der Waals surface area (Å²) in [7, 11) is 0. The van der Waals surface area contributed by atoms with Crippen LogP contribution in [-0.4, -0.2) is 43.0 Å². The molecule has 0 aromatic carbocycles.